The van der Waals surface area contributed by atoms with Gasteiger partial charge in [-0.3, -0.25) is 15.6 Å². The molecule has 2 atom stereocenters. The van der Waals surface area contributed by atoms with Gasteiger partial charge in [0.1, 0.15) is 5.84 Å². The van der Waals surface area contributed by atoms with Gasteiger partial charge < -0.3 is 15.1 Å². The monoisotopic (exact) mass is 598 g/mol. The molecule has 0 saturated heterocycles. The highest BCUT2D eigenvalue weighted by Gasteiger charge is 2.71. The van der Waals surface area contributed by atoms with Crippen molar-refractivity contribution in [2.75, 3.05) is 11.9 Å². The Kier molecular flexibility index (Phi) is 6.88. The summed E-state index contributed by atoms with van der Waals surface area (Å²) in [5, 5.41) is 28.4. The lowest BCUT2D eigenvalue weighted by Gasteiger charge is -2.46. The van der Waals surface area contributed by atoms with Gasteiger partial charge in [-0.25, -0.2) is 8.78 Å². The smallest absolute Gasteiger partial charge is 0.325 e. The summed E-state index contributed by atoms with van der Waals surface area (Å²) in [5.74, 6) is -4.51. The van der Waals surface area contributed by atoms with Crippen molar-refractivity contribution in [2.45, 2.75) is 68.7 Å². The first kappa shape index (κ1) is 29.2. The maximum absolute atomic E-state index is 14.2. The van der Waals surface area contributed by atoms with Crippen LogP contribution in [0.1, 0.15) is 64.7 Å². The van der Waals surface area contributed by atoms with E-state index in [0.717, 1.165) is 18.0 Å². The Bertz CT molecular complexity index is 1530. The van der Waals surface area contributed by atoms with Crippen molar-refractivity contribution >= 4 is 23.8 Å². The SMILES string of the molecule is CN(C=N)C(=N)CC1(c2cccc(N3Cc4c(cc(CNC5CC6C(C5)C6(F)F)cc4C(F)(F)F)C3=O)c2)CC(C#N)C1. The molecule has 3 saturated carbocycles. The summed E-state index contributed by atoms with van der Waals surface area (Å²) in [4.78, 5) is 16.3. The van der Waals surface area contributed by atoms with E-state index < -0.39 is 40.8 Å². The molecule has 1 aliphatic heterocycles. The lowest BCUT2D eigenvalue weighted by molar-refractivity contribution is -0.138. The molecule has 2 aromatic rings. The highest BCUT2D eigenvalue weighted by Crippen LogP contribution is 2.64. The molecule has 43 heavy (non-hydrogen) atoms. The van der Waals surface area contributed by atoms with E-state index in [4.69, 9.17) is 10.8 Å². The number of hydrogen-bond donors (Lipinski definition) is 3. The van der Waals surface area contributed by atoms with Crippen LogP contribution in [0.4, 0.5) is 27.6 Å². The van der Waals surface area contributed by atoms with Crippen molar-refractivity contribution < 1.29 is 26.7 Å². The Morgan fingerprint density at radius 2 is 1.91 bits per heavy atom. The number of rotatable bonds is 8. The predicted molar refractivity (Wildman–Crippen MR) is 149 cm³/mol. The van der Waals surface area contributed by atoms with Crippen LogP contribution in [-0.2, 0) is 24.7 Å². The molecule has 0 aromatic heterocycles. The van der Waals surface area contributed by atoms with E-state index in [2.05, 4.69) is 11.4 Å². The van der Waals surface area contributed by atoms with Crippen LogP contribution in [0, 0.1) is 39.9 Å². The van der Waals surface area contributed by atoms with Crippen LogP contribution in [0.25, 0.3) is 0 Å². The summed E-state index contributed by atoms with van der Waals surface area (Å²) < 4.78 is 69.8. The maximum atomic E-state index is 14.2. The summed E-state index contributed by atoms with van der Waals surface area (Å²) in [7, 11) is 1.59. The molecule has 226 valence electrons. The van der Waals surface area contributed by atoms with Gasteiger partial charge in [0.2, 0.25) is 0 Å². The molecule has 1 amide bonds. The number of hydrogen-bond acceptors (Lipinski definition) is 5. The summed E-state index contributed by atoms with van der Waals surface area (Å²) in [6, 6.07) is 11.5. The van der Waals surface area contributed by atoms with E-state index in [-0.39, 0.29) is 66.8 Å². The van der Waals surface area contributed by atoms with Crippen LogP contribution in [-0.4, -0.2) is 42.0 Å². The van der Waals surface area contributed by atoms with Crippen LogP contribution >= 0.6 is 0 Å². The maximum Gasteiger partial charge on any atom is 0.416 e. The molecule has 0 radical (unpaired) electrons. The molecule has 3 fully saturated rings. The minimum absolute atomic E-state index is 0.0323. The van der Waals surface area contributed by atoms with Crippen molar-refractivity contribution in [3.8, 4) is 6.07 Å². The standard InChI is InChI=1S/C31H31F5N6O/c1-41(16-38)27(39)12-29(10-18(11-29)13-37)19-3-2-4-21(7-19)42-15-23-22(28(42)43)5-17(6-24(23)31(34,35)36)14-40-20-8-25-26(9-20)30(25,32)33/h2-7,16,18,20,25-26,38-40H,8-12,14-15H2,1H3. The average molecular weight is 599 g/mol. The largest absolute Gasteiger partial charge is 0.416 e. The zero-order valence-electron chi connectivity index (χ0n) is 23.4. The number of carbonyl (C=O) groups excluding carboxylic acids is 1. The fourth-order valence-corrected chi connectivity index (χ4v) is 7.26. The molecule has 7 nitrogen and oxygen atoms in total. The predicted octanol–water partition coefficient (Wildman–Crippen LogP) is 6.08. The van der Waals surface area contributed by atoms with Gasteiger partial charge in [-0.15, -0.1) is 0 Å². The molecule has 12 heteroatoms. The highest BCUT2D eigenvalue weighted by atomic mass is 19.4. The molecule has 2 aromatic carbocycles. The van der Waals surface area contributed by atoms with Gasteiger partial charge in [-0.05, 0) is 66.6 Å². The second kappa shape index (κ2) is 10.1. The fourth-order valence-electron chi connectivity index (χ4n) is 7.26. The number of anilines is 1. The zero-order valence-corrected chi connectivity index (χ0v) is 23.4. The quantitative estimate of drug-likeness (QED) is 0.195. The average Bonchev–Trinajstić information content (AvgIpc) is 3.29. The van der Waals surface area contributed by atoms with Crippen molar-refractivity contribution in [2.24, 2.45) is 17.8 Å². The Labute approximate surface area is 245 Å². The van der Waals surface area contributed by atoms with Crippen LogP contribution in [0.3, 0.4) is 0 Å². The van der Waals surface area contributed by atoms with Gasteiger partial charge in [0.05, 0.1) is 24.5 Å². The second-order valence-electron chi connectivity index (χ2n) is 12.4. The van der Waals surface area contributed by atoms with Crippen LogP contribution in [0.2, 0.25) is 0 Å². The molecule has 3 aliphatic carbocycles. The van der Waals surface area contributed by atoms with E-state index in [1.165, 1.54) is 15.9 Å². The van der Waals surface area contributed by atoms with Gasteiger partial charge in [0, 0.05) is 60.5 Å². The lowest BCUT2D eigenvalue weighted by atomic mass is 9.57. The summed E-state index contributed by atoms with van der Waals surface area (Å²) in [6.07, 6.45) is -1.85. The normalized spacial score (nSPS) is 28.5. The topological polar surface area (TPSA) is 107 Å². The molecular formula is C31H31F5N6O. The van der Waals surface area contributed by atoms with Gasteiger partial charge in [0.15, 0.2) is 0 Å². The van der Waals surface area contributed by atoms with E-state index in [9.17, 15) is 32.0 Å². The number of benzene rings is 2. The number of halogens is 5. The number of nitrogens with zero attached hydrogens (tertiary/aromatic N) is 3. The number of carbonyl (C=O) groups is 1. The van der Waals surface area contributed by atoms with Crippen molar-refractivity contribution in [1.29, 1.82) is 16.1 Å². The third kappa shape index (κ3) is 4.97. The Morgan fingerprint density at radius 3 is 2.53 bits per heavy atom. The van der Waals surface area contributed by atoms with Gasteiger partial charge in [-0.2, -0.15) is 18.4 Å². The van der Waals surface area contributed by atoms with Gasteiger partial charge in [0.25, 0.3) is 11.8 Å². The number of amidine groups is 1. The molecule has 0 spiro atoms. The molecule has 4 aliphatic rings. The van der Waals surface area contributed by atoms with Crippen molar-refractivity contribution in [3.05, 3.63) is 64.2 Å². The molecule has 3 N–H and O–H groups in total. The highest BCUT2D eigenvalue weighted by molar-refractivity contribution is 6.10. The van der Waals surface area contributed by atoms with Crippen LogP contribution < -0.4 is 10.2 Å². The first-order valence-corrected chi connectivity index (χ1v) is 14.2. The minimum Gasteiger partial charge on any atom is -0.325 e. The first-order chi connectivity index (χ1) is 20.3. The second-order valence-corrected chi connectivity index (χ2v) is 12.4. The number of alkyl halides is 5. The van der Waals surface area contributed by atoms with E-state index in [1.54, 1.807) is 25.2 Å². The lowest BCUT2D eigenvalue weighted by Crippen LogP contribution is -2.44. The van der Waals surface area contributed by atoms with Crippen molar-refractivity contribution in [1.82, 2.24) is 10.2 Å². The molecular weight excluding hydrogens is 567 g/mol. The third-order valence-electron chi connectivity index (χ3n) is 9.80. The number of amides is 1. The summed E-state index contributed by atoms with van der Waals surface area (Å²) >= 11 is 0. The van der Waals surface area contributed by atoms with Crippen molar-refractivity contribution in [3.63, 3.8) is 0 Å². The number of fused-ring (bicyclic) bond motifs is 2. The molecule has 0 bridgehead atoms. The van der Waals surface area contributed by atoms with Gasteiger partial charge in [-0.1, -0.05) is 12.1 Å². The van der Waals surface area contributed by atoms with E-state index in [1.807, 2.05) is 6.07 Å². The first-order valence-electron chi connectivity index (χ1n) is 14.2. The molecule has 2 unspecified atom stereocenters. The van der Waals surface area contributed by atoms with Crippen LogP contribution in [0.5, 0.6) is 0 Å². The molecule has 1 heterocycles. The van der Waals surface area contributed by atoms with E-state index in [0.29, 0.717) is 18.5 Å². The Hall–Kier alpha value is -3.85. The minimum atomic E-state index is -4.70. The summed E-state index contributed by atoms with van der Waals surface area (Å²) in [5.41, 5.74) is -0.117. The van der Waals surface area contributed by atoms with Crippen LogP contribution in [0.15, 0.2) is 36.4 Å². The summed E-state index contributed by atoms with van der Waals surface area (Å²) in [6.45, 7) is -0.227. The Morgan fingerprint density at radius 1 is 1.21 bits per heavy atom. The third-order valence-corrected chi connectivity index (χ3v) is 9.80. The van der Waals surface area contributed by atoms with E-state index >= 15 is 0 Å². The molecule has 6 rings (SSSR count). The number of nitriles is 1. The Balaban J connectivity index is 1.25. The number of nitrogens with one attached hydrogen (secondary N) is 3. The fraction of sp³-hybridized carbons (Fsp3) is 0.484. The zero-order chi connectivity index (χ0) is 30.9. The van der Waals surface area contributed by atoms with Gasteiger partial charge >= 0.3 is 6.18 Å².